The fourth-order valence-corrected chi connectivity index (χ4v) is 1.75. The molecule has 3 nitrogen and oxygen atoms in total. The van der Waals surface area contributed by atoms with Gasteiger partial charge < -0.3 is 11.1 Å². The number of aryl methyl sites for hydroxylation is 1. The van der Waals surface area contributed by atoms with Gasteiger partial charge >= 0.3 is 0 Å². The van der Waals surface area contributed by atoms with E-state index in [9.17, 15) is 18.0 Å². The summed E-state index contributed by atoms with van der Waals surface area (Å²) in [5.41, 5.74) is 4.56. The molecule has 0 fully saturated rings. The van der Waals surface area contributed by atoms with Crippen LogP contribution in [0.15, 0.2) is 30.3 Å². The molecule has 2 aromatic rings. The Hall–Kier alpha value is -2.50. The van der Waals surface area contributed by atoms with Crippen molar-refractivity contribution in [2.75, 3.05) is 11.1 Å². The lowest BCUT2D eigenvalue weighted by Gasteiger charge is -2.10. The molecular formula is C14H11F3N2O. The van der Waals surface area contributed by atoms with Gasteiger partial charge in [-0.25, -0.2) is 13.2 Å². The molecule has 0 aliphatic carbocycles. The normalized spacial score (nSPS) is 10.4. The van der Waals surface area contributed by atoms with Crippen LogP contribution in [-0.2, 0) is 0 Å². The van der Waals surface area contributed by atoms with Crippen molar-refractivity contribution in [3.05, 3.63) is 58.9 Å². The molecule has 20 heavy (non-hydrogen) atoms. The molecule has 0 atom stereocenters. The van der Waals surface area contributed by atoms with E-state index in [1.807, 2.05) is 0 Å². The Morgan fingerprint density at radius 2 is 1.90 bits per heavy atom. The van der Waals surface area contributed by atoms with E-state index in [1.165, 1.54) is 6.07 Å². The average molecular weight is 280 g/mol. The Morgan fingerprint density at radius 3 is 2.55 bits per heavy atom. The van der Waals surface area contributed by atoms with Crippen molar-refractivity contribution in [3.8, 4) is 0 Å². The van der Waals surface area contributed by atoms with E-state index in [4.69, 9.17) is 5.73 Å². The lowest BCUT2D eigenvalue weighted by atomic mass is 10.1. The molecule has 0 saturated heterocycles. The van der Waals surface area contributed by atoms with Gasteiger partial charge in [-0.2, -0.15) is 0 Å². The van der Waals surface area contributed by atoms with Crippen LogP contribution in [0.3, 0.4) is 0 Å². The molecule has 0 saturated carbocycles. The van der Waals surface area contributed by atoms with Gasteiger partial charge in [0, 0.05) is 0 Å². The number of anilines is 2. The number of carbonyl (C=O) groups is 1. The lowest BCUT2D eigenvalue weighted by Crippen LogP contribution is -2.16. The Morgan fingerprint density at radius 1 is 1.20 bits per heavy atom. The van der Waals surface area contributed by atoms with Crippen LogP contribution in [-0.4, -0.2) is 5.91 Å². The van der Waals surface area contributed by atoms with Crippen LogP contribution in [0.25, 0.3) is 0 Å². The topological polar surface area (TPSA) is 55.1 Å². The maximum Gasteiger partial charge on any atom is 0.258 e. The Balaban J connectivity index is 2.39. The van der Waals surface area contributed by atoms with Gasteiger partial charge in [0.1, 0.15) is 11.6 Å². The van der Waals surface area contributed by atoms with Crippen molar-refractivity contribution >= 4 is 17.3 Å². The molecule has 2 aromatic carbocycles. The van der Waals surface area contributed by atoms with Crippen LogP contribution >= 0.6 is 0 Å². The van der Waals surface area contributed by atoms with E-state index in [2.05, 4.69) is 5.32 Å². The molecular weight excluding hydrogens is 269 g/mol. The van der Waals surface area contributed by atoms with E-state index in [0.717, 1.165) is 12.1 Å². The SMILES string of the molecule is Cc1cccc(F)c1NC(=O)c1cc(F)cc(N)c1F. The third-order valence-electron chi connectivity index (χ3n) is 2.77. The first-order chi connectivity index (χ1) is 9.40. The highest BCUT2D eigenvalue weighted by molar-refractivity contribution is 6.05. The fourth-order valence-electron chi connectivity index (χ4n) is 1.75. The molecule has 0 heterocycles. The molecule has 104 valence electrons. The fraction of sp³-hybridized carbons (Fsp3) is 0.0714. The zero-order valence-corrected chi connectivity index (χ0v) is 10.5. The summed E-state index contributed by atoms with van der Waals surface area (Å²) < 4.78 is 40.4. The maximum atomic E-state index is 13.7. The van der Waals surface area contributed by atoms with Gasteiger partial charge in [0.2, 0.25) is 0 Å². The van der Waals surface area contributed by atoms with Crippen LogP contribution in [0, 0.1) is 24.4 Å². The highest BCUT2D eigenvalue weighted by atomic mass is 19.1. The van der Waals surface area contributed by atoms with Gasteiger partial charge in [-0.1, -0.05) is 12.1 Å². The molecule has 0 bridgehead atoms. The number of halogens is 3. The molecule has 0 aromatic heterocycles. The number of para-hydroxylation sites is 1. The van der Waals surface area contributed by atoms with E-state index in [0.29, 0.717) is 11.6 Å². The summed E-state index contributed by atoms with van der Waals surface area (Å²) in [6.45, 7) is 1.58. The molecule has 2 rings (SSSR count). The summed E-state index contributed by atoms with van der Waals surface area (Å²) in [4.78, 5) is 11.9. The molecule has 6 heteroatoms. The molecule has 3 N–H and O–H groups in total. The lowest BCUT2D eigenvalue weighted by molar-refractivity contribution is 0.102. The highest BCUT2D eigenvalue weighted by Gasteiger charge is 2.18. The second-order valence-electron chi connectivity index (χ2n) is 4.24. The van der Waals surface area contributed by atoms with Crippen LogP contribution in [0.5, 0.6) is 0 Å². The molecule has 0 aliphatic rings. The number of rotatable bonds is 2. The van der Waals surface area contributed by atoms with Crippen molar-refractivity contribution in [2.45, 2.75) is 6.92 Å². The minimum absolute atomic E-state index is 0.0836. The first-order valence-corrected chi connectivity index (χ1v) is 5.71. The number of hydrogen-bond donors (Lipinski definition) is 2. The smallest absolute Gasteiger partial charge is 0.258 e. The first-order valence-electron chi connectivity index (χ1n) is 5.71. The maximum absolute atomic E-state index is 13.7. The number of benzene rings is 2. The summed E-state index contributed by atoms with van der Waals surface area (Å²) in [6.07, 6.45) is 0. The summed E-state index contributed by atoms with van der Waals surface area (Å²) >= 11 is 0. The van der Waals surface area contributed by atoms with Gasteiger partial charge in [0.25, 0.3) is 5.91 Å². The molecule has 1 amide bonds. The Labute approximate surface area is 113 Å². The van der Waals surface area contributed by atoms with Gasteiger partial charge in [0.05, 0.1) is 16.9 Å². The molecule has 0 radical (unpaired) electrons. The van der Waals surface area contributed by atoms with Crippen LogP contribution < -0.4 is 11.1 Å². The largest absolute Gasteiger partial charge is 0.396 e. The third-order valence-corrected chi connectivity index (χ3v) is 2.77. The standard InChI is InChI=1S/C14H11F3N2O/c1-7-3-2-4-10(16)13(7)19-14(20)9-5-8(15)6-11(18)12(9)17/h2-6H,18H2,1H3,(H,19,20). The number of nitrogen functional groups attached to an aromatic ring is 1. The Kier molecular flexibility index (Phi) is 3.65. The monoisotopic (exact) mass is 280 g/mol. The van der Waals surface area contributed by atoms with Crippen molar-refractivity contribution in [2.24, 2.45) is 0 Å². The van der Waals surface area contributed by atoms with Crippen molar-refractivity contribution in [1.29, 1.82) is 0 Å². The quantitative estimate of drug-likeness (QED) is 0.830. The predicted molar refractivity (Wildman–Crippen MR) is 69.9 cm³/mol. The van der Waals surface area contributed by atoms with Crippen LogP contribution in [0.1, 0.15) is 15.9 Å². The number of hydrogen-bond acceptors (Lipinski definition) is 2. The number of nitrogens with two attached hydrogens (primary N) is 1. The number of carbonyl (C=O) groups excluding carboxylic acids is 1. The number of nitrogens with one attached hydrogen (secondary N) is 1. The van der Waals surface area contributed by atoms with Crippen LogP contribution in [0.4, 0.5) is 24.5 Å². The van der Waals surface area contributed by atoms with E-state index in [1.54, 1.807) is 13.0 Å². The van der Waals surface area contributed by atoms with E-state index in [-0.39, 0.29) is 5.69 Å². The zero-order valence-electron chi connectivity index (χ0n) is 10.5. The molecule has 0 spiro atoms. The van der Waals surface area contributed by atoms with Crippen molar-refractivity contribution in [1.82, 2.24) is 0 Å². The molecule has 0 aliphatic heterocycles. The van der Waals surface area contributed by atoms with E-state index >= 15 is 0 Å². The Bertz CT molecular complexity index is 666. The molecule has 0 unspecified atom stereocenters. The zero-order chi connectivity index (χ0) is 14.9. The van der Waals surface area contributed by atoms with Gasteiger partial charge in [0.15, 0.2) is 5.82 Å². The highest BCUT2D eigenvalue weighted by Crippen LogP contribution is 2.22. The summed E-state index contributed by atoms with van der Waals surface area (Å²) in [6, 6.07) is 5.67. The van der Waals surface area contributed by atoms with Gasteiger partial charge in [-0.15, -0.1) is 0 Å². The van der Waals surface area contributed by atoms with Crippen molar-refractivity contribution < 1.29 is 18.0 Å². The first kappa shape index (κ1) is 13.9. The van der Waals surface area contributed by atoms with E-state index < -0.39 is 34.6 Å². The van der Waals surface area contributed by atoms with Gasteiger partial charge in [-0.3, -0.25) is 4.79 Å². The minimum Gasteiger partial charge on any atom is -0.396 e. The van der Waals surface area contributed by atoms with Crippen molar-refractivity contribution in [3.63, 3.8) is 0 Å². The van der Waals surface area contributed by atoms with Crippen LogP contribution in [0.2, 0.25) is 0 Å². The second-order valence-corrected chi connectivity index (χ2v) is 4.24. The van der Waals surface area contributed by atoms with Gasteiger partial charge in [-0.05, 0) is 30.7 Å². The summed E-state index contributed by atoms with van der Waals surface area (Å²) in [5, 5.41) is 2.21. The third kappa shape index (κ3) is 2.59. The number of amides is 1. The summed E-state index contributed by atoms with van der Waals surface area (Å²) in [5.74, 6) is -3.53. The average Bonchev–Trinajstić information content (AvgIpc) is 2.38. The second kappa shape index (κ2) is 5.24. The minimum atomic E-state index is -1.04. The predicted octanol–water partition coefficient (Wildman–Crippen LogP) is 3.25. The summed E-state index contributed by atoms with van der Waals surface area (Å²) in [7, 11) is 0.